The summed E-state index contributed by atoms with van der Waals surface area (Å²) < 4.78 is 11.0. The van der Waals surface area contributed by atoms with E-state index in [2.05, 4.69) is 0 Å². The molecule has 0 radical (unpaired) electrons. The van der Waals surface area contributed by atoms with Gasteiger partial charge in [-0.25, -0.2) is 4.79 Å². The monoisotopic (exact) mass is 410 g/mol. The Balaban J connectivity index is 1.56. The van der Waals surface area contributed by atoms with Crippen molar-refractivity contribution in [2.75, 3.05) is 0 Å². The third kappa shape index (κ3) is 3.65. The summed E-state index contributed by atoms with van der Waals surface area (Å²) in [5, 5.41) is 0.905. The topological polar surface area (TPSA) is 52.6 Å². The average Bonchev–Trinajstić information content (AvgIpc) is 2.99. The van der Waals surface area contributed by atoms with Crippen LogP contribution >= 0.6 is 23.2 Å². The number of ether oxygens (including phenoxy) is 2. The van der Waals surface area contributed by atoms with Crippen molar-refractivity contribution in [1.82, 2.24) is 0 Å². The highest BCUT2D eigenvalue weighted by Crippen LogP contribution is 2.35. The van der Waals surface area contributed by atoms with E-state index in [9.17, 15) is 9.59 Å². The van der Waals surface area contributed by atoms with E-state index in [-0.39, 0.29) is 22.9 Å². The zero-order chi connectivity index (χ0) is 19.7. The number of carbonyl (C=O) groups is 2. The number of fused-ring (bicyclic) bond motifs is 1. The minimum absolute atomic E-state index is 0.187. The third-order valence-corrected chi connectivity index (χ3v) is 4.70. The largest absolute Gasteiger partial charge is 0.452 e. The quantitative estimate of drug-likeness (QED) is 0.309. The summed E-state index contributed by atoms with van der Waals surface area (Å²) in [5.41, 5.74) is 1.44. The molecular formula is C22H12Cl2O4. The molecule has 0 unspecified atom stereocenters. The number of Topliss-reactive ketones (excluding diaryl/α,β-unsaturated/α-hetero) is 1. The van der Waals surface area contributed by atoms with Gasteiger partial charge in [-0.15, -0.1) is 0 Å². The number of allylic oxidation sites excluding steroid dienone is 1. The number of hydrogen-bond acceptors (Lipinski definition) is 4. The van der Waals surface area contributed by atoms with Gasteiger partial charge in [0.15, 0.2) is 5.76 Å². The van der Waals surface area contributed by atoms with Crippen LogP contribution < -0.4 is 9.47 Å². The molecule has 3 aromatic carbocycles. The van der Waals surface area contributed by atoms with Crippen LogP contribution in [-0.2, 0) is 0 Å². The number of ketones is 1. The molecule has 0 amide bonds. The Morgan fingerprint density at radius 1 is 0.964 bits per heavy atom. The van der Waals surface area contributed by atoms with Crippen LogP contribution in [0.4, 0.5) is 0 Å². The second-order valence-corrected chi connectivity index (χ2v) is 6.86. The number of benzene rings is 3. The smallest absolute Gasteiger partial charge is 0.345 e. The number of halogens is 2. The summed E-state index contributed by atoms with van der Waals surface area (Å²) >= 11 is 11.9. The molecule has 0 bridgehead atoms. The number of rotatable bonds is 3. The molecular weight excluding hydrogens is 399 g/mol. The van der Waals surface area contributed by atoms with Crippen molar-refractivity contribution in [2.24, 2.45) is 0 Å². The predicted molar refractivity (Wildman–Crippen MR) is 107 cm³/mol. The molecule has 4 nitrogen and oxygen atoms in total. The van der Waals surface area contributed by atoms with E-state index < -0.39 is 5.97 Å². The van der Waals surface area contributed by atoms with Gasteiger partial charge < -0.3 is 9.47 Å². The first kappa shape index (κ1) is 18.3. The fourth-order valence-electron chi connectivity index (χ4n) is 2.73. The van der Waals surface area contributed by atoms with Crippen LogP contribution in [0.3, 0.4) is 0 Å². The van der Waals surface area contributed by atoms with E-state index in [1.54, 1.807) is 66.7 Å². The van der Waals surface area contributed by atoms with Crippen LogP contribution in [0.1, 0.15) is 26.3 Å². The van der Waals surface area contributed by atoms with Crippen LogP contribution in [0.2, 0.25) is 10.0 Å². The first-order valence-electron chi connectivity index (χ1n) is 8.32. The lowest BCUT2D eigenvalue weighted by Crippen LogP contribution is -2.09. The molecule has 0 saturated carbocycles. The Labute approximate surface area is 170 Å². The molecule has 138 valence electrons. The summed E-state index contributed by atoms with van der Waals surface area (Å²) in [7, 11) is 0. The van der Waals surface area contributed by atoms with Crippen LogP contribution in [-0.4, -0.2) is 11.8 Å². The first-order valence-corrected chi connectivity index (χ1v) is 9.07. The lowest BCUT2D eigenvalue weighted by molar-refractivity contribution is 0.0734. The molecule has 0 fully saturated rings. The summed E-state index contributed by atoms with van der Waals surface area (Å²) in [5.74, 6) is -0.0634. The number of hydrogen-bond donors (Lipinski definition) is 0. The van der Waals surface area contributed by atoms with Gasteiger partial charge in [0.25, 0.3) is 0 Å². The Hall–Kier alpha value is -3.08. The molecule has 0 N–H and O–H groups in total. The van der Waals surface area contributed by atoms with Gasteiger partial charge >= 0.3 is 5.97 Å². The number of esters is 1. The van der Waals surface area contributed by atoms with Crippen LogP contribution in [0.5, 0.6) is 11.5 Å². The van der Waals surface area contributed by atoms with E-state index in [0.717, 1.165) is 5.56 Å². The zero-order valence-electron chi connectivity index (χ0n) is 14.3. The van der Waals surface area contributed by atoms with Crippen LogP contribution in [0.15, 0.2) is 72.5 Å². The third-order valence-electron chi connectivity index (χ3n) is 4.11. The SMILES string of the molecule is O=C(Oc1ccc2c(c1)OC(=Cc1ccc(Cl)cc1)C2=O)c1ccccc1Cl. The van der Waals surface area contributed by atoms with Gasteiger partial charge in [-0.2, -0.15) is 0 Å². The highest BCUT2D eigenvalue weighted by atomic mass is 35.5. The van der Waals surface area contributed by atoms with Gasteiger partial charge in [0.05, 0.1) is 16.1 Å². The average molecular weight is 411 g/mol. The lowest BCUT2D eigenvalue weighted by Gasteiger charge is -2.06. The first-order chi connectivity index (χ1) is 13.5. The Morgan fingerprint density at radius 3 is 2.46 bits per heavy atom. The van der Waals surface area contributed by atoms with E-state index in [0.29, 0.717) is 21.4 Å². The van der Waals surface area contributed by atoms with Crippen molar-refractivity contribution in [2.45, 2.75) is 0 Å². The zero-order valence-corrected chi connectivity index (χ0v) is 15.8. The molecule has 1 heterocycles. The maximum Gasteiger partial charge on any atom is 0.345 e. The summed E-state index contributed by atoms with van der Waals surface area (Å²) in [4.78, 5) is 24.8. The summed E-state index contributed by atoms with van der Waals surface area (Å²) in [6, 6.07) is 18.2. The van der Waals surface area contributed by atoms with Crippen LogP contribution in [0.25, 0.3) is 6.08 Å². The van der Waals surface area contributed by atoms with Crippen molar-refractivity contribution >= 4 is 41.0 Å². The van der Waals surface area contributed by atoms with Crippen molar-refractivity contribution in [3.63, 3.8) is 0 Å². The fourth-order valence-corrected chi connectivity index (χ4v) is 3.07. The highest BCUT2D eigenvalue weighted by molar-refractivity contribution is 6.33. The molecule has 0 aliphatic carbocycles. The van der Waals surface area contributed by atoms with Gasteiger partial charge in [-0.1, -0.05) is 47.5 Å². The lowest BCUT2D eigenvalue weighted by atomic mass is 10.1. The molecule has 1 aliphatic heterocycles. The highest BCUT2D eigenvalue weighted by Gasteiger charge is 2.28. The summed E-state index contributed by atoms with van der Waals surface area (Å²) in [6.07, 6.45) is 1.63. The van der Waals surface area contributed by atoms with Crippen molar-refractivity contribution in [1.29, 1.82) is 0 Å². The van der Waals surface area contributed by atoms with Crippen LogP contribution in [0, 0.1) is 0 Å². The minimum Gasteiger partial charge on any atom is -0.452 e. The van der Waals surface area contributed by atoms with E-state index in [4.69, 9.17) is 32.7 Å². The maximum absolute atomic E-state index is 12.5. The maximum atomic E-state index is 12.5. The Morgan fingerprint density at radius 2 is 1.71 bits per heavy atom. The molecule has 0 atom stereocenters. The molecule has 4 rings (SSSR count). The standard InChI is InChI=1S/C22H12Cl2O4/c23-14-7-5-13(6-8-14)11-20-21(25)17-10-9-15(12-19(17)28-20)27-22(26)16-3-1-2-4-18(16)24/h1-12H. The van der Waals surface area contributed by atoms with Crippen molar-refractivity contribution in [3.05, 3.63) is 99.2 Å². The normalized spacial score (nSPS) is 13.9. The van der Waals surface area contributed by atoms with E-state index >= 15 is 0 Å². The molecule has 0 spiro atoms. The van der Waals surface area contributed by atoms with E-state index in [1.807, 2.05) is 0 Å². The molecule has 3 aromatic rings. The van der Waals surface area contributed by atoms with E-state index in [1.165, 1.54) is 6.07 Å². The molecule has 28 heavy (non-hydrogen) atoms. The molecule has 0 aromatic heterocycles. The van der Waals surface area contributed by atoms with Gasteiger partial charge in [0, 0.05) is 11.1 Å². The van der Waals surface area contributed by atoms with Gasteiger partial charge in [0.1, 0.15) is 11.5 Å². The molecule has 6 heteroatoms. The Bertz CT molecular complexity index is 1120. The second-order valence-electron chi connectivity index (χ2n) is 6.02. The Kier molecular flexibility index (Phi) is 4.90. The van der Waals surface area contributed by atoms with Crippen molar-refractivity contribution in [3.8, 4) is 11.5 Å². The minimum atomic E-state index is -0.591. The fraction of sp³-hybridized carbons (Fsp3) is 0. The number of carbonyl (C=O) groups excluding carboxylic acids is 2. The predicted octanol–water partition coefficient (Wildman–Crippen LogP) is 5.83. The van der Waals surface area contributed by atoms with Crippen molar-refractivity contribution < 1.29 is 19.1 Å². The summed E-state index contributed by atoms with van der Waals surface area (Å²) in [6.45, 7) is 0. The van der Waals surface area contributed by atoms with Gasteiger partial charge in [-0.3, -0.25) is 4.79 Å². The molecule has 0 saturated heterocycles. The van der Waals surface area contributed by atoms with Gasteiger partial charge in [-0.05, 0) is 48.0 Å². The molecule has 1 aliphatic rings. The second kappa shape index (κ2) is 7.50. The van der Waals surface area contributed by atoms with Gasteiger partial charge in [0.2, 0.25) is 5.78 Å².